The van der Waals surface area contributed by atoms with E-state index < -0.39 is 6.10 Å². The van der Waals surface area contributed by atoms with Gasteiger partial charge < -0.3 is 14.9 Å². The predicted octanol–water partition coefficient (Wildman–Crippen LogP) is 2.53. The fourth-order valence-corrected chi connectivity index (χ4v) is 1.68. The van der Waals surface area contributed by atoms with E-state index in [4.69, 9.17) is 4.74 Å². The largest absolute Gasteiger partial charge is 0.497 e. The molecule has 0 amide bonds. The Bertz CT molecular complexity index is 336. The Hall–Kier alpha value is -1.06. The van der Waals surface area contributed by atoms with Gasteiger partial charge in [0.1, 0.15) is 5.75 Å². The quantitative estimate of drug-likeness (QED) is 0.800. The van der Waals surface area contributed by atoms with Crippen LogP contribution in [0, 0.1) is 5.92 Å². The lowest BCUT2D eigenvalue weighted by Gasteiger charge is -2.17. The number of ether oxygens (including phenoxy) is 1. The van der Waals surface area contributed by atoms with Gasteiger partial charge in [-0.05, 0) is 36.5 Å². The molecule has 3 nitrogen and oxygen atoms in total. The van der Waals surface area contributed by atoms with E-state index in [1.54, 1.807) is 7.11 Å². The third kappa shape index (κ3) is 4.36. The summed E-state index contributed by atoms with van der Waals surface area (Å²) in [6.07, 6.45) is 0.275. The third-order valence-corrected chi connectivity index (χ3v) is 2.98. The van der Waals surface area contributed by atoms with E-state index in [0.717, 1.165) is 11.3 Å². The Morgan fingerprint density at radius 2 is 1.88 bits per heavy atom. The number of aliphatic hydroxyl groups is 2. The second-order valence-electron chi connectivity index (χ2n) is 4.68. The highest BCUT2D eigenvalue weighted by atomic mass is 16.5. The van der Waals surface area contributed by atoms with E-state index in [2.05, 4.69) is 0 Å². The van der Waals surface area contributed by atoms with Gasteiger partial charge in [-0.25, -0.2) is 0 Å². The van der Waals surface area contributed by atoms with Crippen molar-refractivity contribution in [3.63, 3.8) is 0 Å². The molecule has 0 spiro atoms. The summed E-state index contributed by atoms with van der Waals surface area (Å²) in [5.74, 6) is 0.971. The first-order valence-electron chi connectivity index (χ1n) is 6.04. The minimum Gasteiger partial charge on any atom is -0.497 e. The molecule has 0 aliphatic heterocycles. The fourth-order valence-electron chi connectivity index (χ4n) is 1.68. The molecule has 1 rings (SSSR count). The molecular formula is C14H22O3. The van der Waals surface area contributed by atoms with Gasteiger partial charge in [-0.1, -0.05) is 26.0 Å². The molecule has 2 N–H and O–H groups in total. The van der Waals surface area contributed by atoms with Gasteiger partial charge in [0.15, 0.2) is 0 Å². The first-order chi connectivity index (χ1) is 8.04. The first kappa shape index (κ1) is 14.0. The van der Waals surface area contributed by atoms with Gasteiger partial charge in [-0.15, -0.1) is 0 Å². The van der Waals surface area contributed by atoms with Crippen molar-refractivity contribution >= 4 is 0 Å². The van der Waals surface area contributed by atoms with Gasteiger partial charge >= 0.3 is 0 Å². The molecule has 2 unspecified atom stereocenters. The number of methoxy groups -OCH3 is 1. The Morgan fingerprint density at radius 3 is 2.47 bits per heavy atom. The maximum absolute atomic E-state index is 10.0. The van der Waals surface area contributed by atoms with Crippen LogP contribution in [-0.2, 0) is 0 Å². The Labute approximate surface area is 103 Å². The Kier molecular flexibility index (Phi) is 5.45. The van der Waals surface area contributed by atoms with E-state index >= 15 is 0 Å². The Balaban J connectivity index is 2.54. The van der Waals surface area contributed by atoms with Crippen LogP contribution in [0.4, 0.5) is 0 Å². The summed E-state index contributed by atoms with van der Waals surface area (Å²) < 4.78 is 5.11. The van der Waals surface area contributed by atoms with Gasteiger partial charge in [0.25, 0.3) is 0 Å². The van der Waals surface area contributed by atoms with Crippen LogP contribution in [0.1, 0.15) is 38.4 Å². The zero-order chi connectivity index (χ0) is 12.8. The van der Waals surface area contributed by atoms with Crippen LogP contribution in [0.15, 0.2) is 24.3 Å². The van der Waals surface area contributed by atoms with Gasteiger partial charge in [-0.3, -0.25) is 0 Å². The number of aliphatic hydroxyl groups excluding tert-OH is 2. The lowest BCUT2D eigenvalue weighted by molar-refractivity contribution is 0.0853. The number of benzene rings is 1. The van der Waals surface area contributed by atoms with Crippen molar-refractivity contribution in [1.82, 2.24) is 0 Å². The van der Waals surface area contributed by atoms with Crippen LogP contribution in [0.25, 0.3) is 0 Å². The number of hydrogen-bond acceptors (Lipinski definition) is 3. The highest BCUT2D eigenvalue weighted by Gasteiger charge is 2.14. The van der Waals surface area contributed by atoms with Crippen LogP contribution in [0.2, 0.25) is 0 Å². The van der Waals surface area contributed by atoms with Crippen LogP contribution >= 0.6 is 0 Å². The maximum atomic E-state index is 10.0. The zero-order valence-electron chi connectivity index (χ0n) is 10.8. The minimum atomic E-state index is -0.543. The zero-order valence-corrected chi connectivity index (χ0v) is 10.8. The highest BCUT2D eigenvalue weighted by Crippen LogP contribution is 2.24. The molecule has 96 valence electrons. The van der Waals surface area contributed by atoms with Crippen molar-refractivity contribution < 1.29 is 14.9 Å². The number of hydrogen-bond donors (Lipinski definition) is 2. The van der Waals surface area contributed by atoms with Crippen LogP contribution in [-0.4, -0.2) is 23.4 Å². The normalized spacial score (nSPS) is 14.7. The standard InChI is InChI=1S/C14H22O3/c1-10(2)13(15)7-8-14(16)11-5-4-6-12(9-11)17-3/h4-6,9-10,13-16H,7-8H2,1-3H3. The van der Waals surface area contributed by atoms with E-state index in [9.17, 15) is 10.2 Å². The smallest absolute Gasteiger partial charge is 0.119 e. The summed E-state index contributed by atoms with van der Waals surface area (Å²) >= 11 is 0. The summed E-state index contributed by atoms with van der Waals surface area (Å²) in [7, 11) is 1.61. The molecule has 0 aliphatic rings. The molecule has 1 aromatic carbocycles. The molecule has 1 aromatic rings. The van der Waals surface area contributed by atoms with E-state index in [1.165, 1.54) is 0 Å². The highest BCUT2D eigenvalue weighted by molar-refractivity contribution is 5.29. The molecule has 2 atom stereocenters. The number of rotatable bonds is 6. The van der Waals surface area contributed by atoms with Gasteiger partial charge in [0.05, 0.1) is 19.3 Å². The second-order valence-corrected chi connectivity index (χ2v) is 4.68. The molecule has 0 aromatic heterocycles. The molecule has 0 aliphatic carbocycles. The van der Waals surface area contributed by atoms with E-state index in [-0.39, 0.29) is 12.0 Å². The summed E-state index contributed by atoms with van der Waals surface area (Å²) in [6, 6.07) is 7.40. The molecule has 0 radical (unpaired) electrons. The lowest BCUT2D eigenvalue weighted by Crippen LogP contribution is -2.15. The molecule has 17 heavy (non-hydrogen) atoms. The summed E-state index contributed by atoms with van der Waals surface area (Å²) in [5.41, 5.74) is 0.834. The average molecular weight is 238 g/mol. The van der Waals surface area contributed by atoms with Crippen LogP contribution in [0.3, 0.4) is 0 Å². The molecule has 3 heteroatoms. The van der Waals surface area contributed by atoms with Crippen molar-refractivity contribution in [2.75, 3.05) is 7.11 Å². The average Bonchev–Trinajstić information content (AvgIpc) is 2.35. The Morgan fingerprint density at radius 1 is 1.18 bits per heavy atom. The van der Waals surface area contributed by atoms with Gasteiger partial charge in [0, 0.05) is 0 Å². The summed E-state index contributed by atoms with van der Waals surface area (Å²) in [5, 5.41) is 19.7. The third-order valence-electron chi connectivity index (χ3n) is 2.98. The second kappa shape index (κ2) is 6.62. The monoisotopic (exact) mass is 238 g/mol. The van der Waals surface area contributed by atoms with Crippen molar-refractivity contribution in [3.05, 3.63) is 29.8 Å². The molecular weight excluding hydrogens is 216 g/mol. The van der Waals surface area contributed by atoms with E-state index in [0.29, 0.717) is 12.8 Å². The van der Waals surface area contributed by atoms with Crippen LogP contribution in [0.5, 0.6) is 5.75 Å². The SMILES string of the molecule is COc1cccc(C(O)CCC(O)C(C)C)c1. The molecule has 0 saturated carbocycles. The summed E-state index contributed by atoms with van der Waals surface area (Å²) in [6.45, 7) is 3.95. The minimum absolute atomic E-state index is 0.229. The topological polar surface area (TPSA) is 49.7 Å². The summed E-state index contributed by atoms with van der Waals surface area (Å²) in [4.78, 5) is 0. The van der Waals surface area contributed by atoms with Crippen molar-refractivity contribution in [2.24, 2.45) is 5.92 Å². The molecule has 0 bridgehead atoms. The van der Waals surface area contributed by atoms with Crippen LogP contribution < -0.4 is 4.74 Å². The lowest BCUT2D eigenvalue weighted by atomic mass is 9.97. The predicted molar refractivity (Wildman–Crippen MR) is 68.0 cm³/mol. The van der Waals surface area contributed by atoms with Crippen molar-refractivity contribution in [1.29, 1.82) is 0 Å². The van der Waals surface area contributed by atoms with Gasteiger partial charge in [0.2, 0.25) is 0 Å². The molecule has 0 heterocycles. The van der Waals surface area contributed by atoms with Crippen molar-refractivity contribution in [3.8, 4) is 5.75 Å². The molecule has 0 saturated heterocycles. The van der Waals surface area contributed by atoms with E-state index in [1.807, 2.05) is 38.1 Å². The maximum Gasteiger partial charge on any atom is 0.119 e. The van der Waals surface area contributed by atoms with Crippen molar-refractivity contribution in [2.45, 2.75) is 38.9 Å². The fraction of sp³-hybridized carbons (Fsp3) is 0.571. The van der Waals surface area contributed by atoms with Gasteiger partial charge in [-0.2, -0.15) is 0 Å². The molecule has 0 fully saturated rings. The first-order valence-corrected chi connectivity index (χ1v) is 6.04.